The Balaban J connectivity index is 1.21. The van der Waals surface area contributed by atoms with Crippen molar-refractivity contribution in [2.24, 2.45) is 57.2 Å². The molecule has 6 rings (SSSR count). The lowest BCUT2D eigenvalue weighted by atomic mass is 9.37. The molecule has 0 aromatic heterocycles. The fraction of sp³-hybridized carbons (Fsp3) is 0.857. The monoisotopic (exact) mass is 710 g/mol. The first-order chi connectivity index (χ1) is 23.7. The fourth-order valence-electron chi connectivity index (χ4n) is 13.1. The Labute approximate surface area is 306 Å². The highest BCUT2D eigenvalue weighted by atomic mass is 16.6. The molecule has 0 aromatic carbocycles. The second-order valence-corrected chi connectivity index (χ2v) is 19.8. The molecule has 4 saturated carbocycles. The summed E-state index contributed by atoms with van der Waals surface area (Å²) < 4.78 is 12.0. The molecule has 2 N–H and O–H groups in total. The number of hydrogen-bond donors (Lipinski definition) is 2. The van der Waals surface area contributed by atoms with Crippen molar-refractivity contribution < 1.29 is 33.8 Å². The molecule has 1 aliphatic heterocycles. The molecule has 9 nitrogen and oxygen atoms in total. The van der Waals surface area contributed by atoms with E-state index in [1.165, 1.54) is 5.57 Å². The van der Waals surface area contributed by atoms with Crippen molar-refractivity contribution in [2.75, 3.05) is 26.7 Å². The van der Waals surface area contributed by atoms with Crippen LogP contribution in [0.3, 0.4) is 0 Å². The van der Waals surface area contributed by atoms with E-state index >= 15 is 0 Å². The number of nitrogens with zero attached hydrogens (tertiary/aromatic N) is 1. The van der Waals surface area contributed by atoms with Crippen molar-refractivity contribution in [3.63, 3.8) is 0 Å². The van der Waals surface area contributed by atoms with Gasteiger partial charge in [-0.2, -0.15) is 0 Å². The van der Waals surface area contributed by atoms with E-state index in [0.717, 1.165) is 82.9 Å². The average molecular weight is 711 g/mol. The summed E-state index contributed by atoms with van der Waals surface area (Å²) in [5.74, 6) is 0.803. The lowest BCUT2D eigenvalue weighted by Crippen LogP contribution is -2.64. The van der Waals surface area contributed by atoms with Crippen LogP contribution in [0.15, 0.2) is 11.1 Å². The Morgan fingerprint density at radius 3 is 2.33 bits per heavy atom. The van der Waals surface area contributed by atoms with Gasteiger partial charge in [0.25, 0.3) is 0 Å². The summed E-state index contributed by atoms with van der Waals surface area (Å²) in [5.41, 5.74) is 0.301. The molecule has 9 unspecified atom stereocenters. The van der Waals surface area contributed by atoms with Crippen LogP contribution in [0.4, 0.5) is 4.79 Å². The number of esters is 1. The van der Waals surface area contributed by atoms with Gasteiger partial charge >= 0.3 is 18.0 Å². The topological polar surface area (TPSA) is 122 Å². The molecule has 1 saturated heterocycles. The molecule has 1 heterocycles. The maximum atomic E-state index is 13.9. The SMILES string of the molecule is CC(C)C1=C2C3CCC4C(C)(CCC5C(C)(C)C(OC(=O)CC(C)(C)C(=O)O)CCC54C)C3CCC2(NC(=O)OCC2CCCN(C)C2)CC1=O. The number of carbonyl (C=O) groups excluding carboxylic acids is 3. The van der Waals surface area contributed by atoms with Gasteiger partial charge in [-0.05, 0) is 143 Å². The third-order valence-electron chi connectivity index (χ3n) is 15.5. The predicted octanol–water partition coefficient (Wildman–Crippen LogP) is 7.81. The van der Waals surface area contributed by atoms with E-state index in [1.54, 1.807) is 13.8 Å². The molecule has 1 amide bonds. The van der Waals surface area contributed by atoms with Crippen molar-refractivity contribution in [3.05, 3.63) is 11.1 Å². The summed E-state index contributed by atoms with van der Waals surface area (Å²) in [6.45, 7) is 19.4. The quantitative estimate of drug-likeness (QED) is 0.245. The van der Waals surface area contributed by atoms with Crippen LogP contribution >= 0.6 is 0 Å². The van der Waals surface area contributed by atoms with E-state index in [0.29, 0.717) is 36.7 Å². The number of hydrogen-bond acceptors (Lipinski definition) is 7. The van der Waals surface area contributed by atoms with E-state index in [1.807, 2.05) is 0 Å². The number of carbonyl (C=O) groups is 4. The number of piperidine rings is 1. The van der Waals surface area contributed by atoms with Gasteiger partial charge in [-0.15, -0.1) is 0 Å². The zero-order chi connectivity index (χ0) is 37.3. The molecule has 0 bridgehead atoms. The Kier molecular flexibility index (Phi) is 10.1. The highest BCUT2D eigenvalue weighted by Gasteiger charge is 2.67. The van der Waals surface area contributed by atoms with Crippen LogP contribution in [-0.2, 0) is 23.9 Å². The molecule has 0 aromatic rings. The summed E-state index contributed by atoms with van der Waals surface area (Å²) in [7, 11) is 2.12. The van der Waals surface area contributed by atoms with Crippen LogP contribution in [0.1, 0.15) is 132 Å². The zero-order valence-corrected chi connectivity index (χ0v) is 33.0. The minimum atomic E-state index is -1.16. The number of aliphatic carboxylic acids is 1. The number of alkyl carbamates (subject to hydrolysis) is 1. The largest absolute Gasteiger partial charge is 0.481 e. The third-order valence-corrected chi connectivity index (χ3v) is 15.5. The second kappa shape index (κ2) is 13.5. The first-order valence-electron chi connectivity index (χ1n) is 20.1. The molecule has 51 heavy (non-hydrogen) atoms. The average Bonchev–Trinajstić information content (AvgIpc) is 3.32. The van der Waals surface area contributed by atoms with Crippen molar-refractivity contribution in [1.82, 2.24) is 10.2 Å². The summed E-state index contributed by atoms with van der Waals surface area (Å²) >= 11 is 0. The number of allylic oxidation sites excluding steroid dienone is 1. The van der Waals surface area contributed by atoms with E-state index in [2.05, 4.69) is 58.8 Å². The molecule has 5 fully saturated rings. The molecule has 0 radical (unpaired) electrons. The zero-order valence-electron chi connectivity index (χ0n) is 33.0. The number of amides is 1. The molecule has 0 spiro atoms. The molecule has 9 atom stereocenters. The Morgan fingerprint density at radius 2 is 1.67 bits per heavy atom. The number of nitrogens with one attached hydrogen (secondary N) is 1. The highest BCUT2D eigenvalue weighted by Crippen LogP contribution is 2.72. The van der Waals surface area contributed by atoms with Crippen LogP contribution in [0.25, 0.3) is 0 Å². The standard InChI is InChI=1S/C42H66N2O7/c1-25(2)34-29(45)21-42(43-37(49)50-24-26-11-10-20-44(9)23-26)19-14-28-27(35(34)42)12-13-31-40(28,7)17-15-30-39(5,6)32(16-18-41(30,31)8)51-33(46)22-38(3,4)36(47)48/h25-28,30-32H,10-24H2,1-9H3,(H,43,49)(H,47,48). The van der Waals surface area contributed by atoms with Gasteiger partial charge in [0.2, 0.25) is 0 Å². The Hall–Kier alpha value is -2.42. The predicted molar refractivity (Wildman–Crippen MR) is 196 cm³/mol. The van der Waals surface area contributed by atoms with Crippen LogP contribution in [0.2, 0.25) is 0 Å². The normalized spacial score (nSPS) is 39.4. The third kappa shape index (κ3) is 6.58. The summed E-state index contributed by atoms with van der Waals surface area (Å²) in [6, 6.07) is 0. The number of carboxylic acid groups (broad SMARTS) is 1. The van der Waals surface area contributed by atoms with Gasteiger partial charge in [-0.3, -0.25) is 14.4 Å². The number of likely N-dealkylation sites (tertiary alicyclic amines) is 1. The maximum Gasteiger partial charge on any atom is 0.407 e. The fourth-order valence-corrected chi connectivity index (χ4v) is 13.1. The number of rotatable bonds is 8. The molecule has 6 aliphatic rings. The van der Waals surface area contributed by atoms with Gasteiger partial charge in [0.15, 0.2) is 5.78 Å². The van der Waals surface area contributed by atoms with Gasteiger partial charge in [0.05, 0.1) is 24.0 Å². The van der Waals surface area contributed by atoms with Gasteiger partial charge in [-0.25, -0.2) is 4.79 Å². The number of carboxylic acids is 1. The van der Waals surface area contributed by atoms with Gasteiger partial charge in [-0.1, -0.05) is 41.5 Å². The molecular formula is C42H66N2O7. The van der Waals surface area contributed by atoms with Crippen LogP contribution in [-0.4, -0.2) is 72.2 Å². The van der Waals surface area contributed by atoms with Crippen LogP contribution in [0.5, 0.6) is 0 Å². The van der Waals surface area contributed by atoms with Crippen molar-refractivity contribution in [1.29, 1.82) is 0 Å². The smallest absolute Gasteiger partial charge is 0.407 e. The summed E-state index contributed by atoms with van der Waals surface area (Å²) in [6.07, 6.45) is 9.53. The number of ether oxygens (including phenoxy) is 2. The highest BCUT2D eigenvalue weighted by molar-refractivity contribution is 6.02. The van der Waals surface area contributed by atoms with E-state index in [-0.39, 0.29) is 52.5 Å². The summed E-state index contributed by atoms with van der Waals surface area (Å²) in [5, 5.41) is 12.9. The van der Waals surface area contributed by atoms with Crippen LogP contribution < -0.4 is 5.32 Å². The molecular weight excluding hydrogens is 644 g/mol. The first kappa shape index (κ1) is 38.3. The summed E-state index contributed by atoms with van der Waals surface area (Å²) in [4.78, 5) is 54.4. The molecule has 286 valence electrons. The number of fused-ring (bicyclic) bond motifs is 7. The van der Waals surface area contributed by atoms with Gasteiger partial charge in [0, 0.05) is 24.3 Å². The molecule has 9 heteroatoms. The number of Topliss-reactive ketones (excluding diaryl/α,β-unsaturated/α-hetero) is 1. The van der Waals surface area contributed by atoms with Gasteiger partial charge in [0.1, 0.15) is 6.10 Å². The minimum absolute atomic E-state index is 0.0786. The molecule has 5 aliphatic carbocycles. The van der Waals surface area contributed by atoms with Crippen molar-refractivity contribution >= 4 is 23.8 Å². The van der Waals surface area contributed by atoms with Crippen LogP contribution in [0, 0.1) is 57.2 Å². The van der Waals surface area contributed by atoms with E-state index < -0.39 is 22.9 Å². The minimum Gasteiger partial charge on any atom is -0.481 e. The lowest BCUT2D eigenvalue weighted by molar-refractivity contribution is -0.213. The van der Waals surface area contributed by atoms with E-state index in [9.17, 15) is 24.3 Å². The van der Waals surface area contributed by atoms with Gasteiger partial charge < -0.3 is 24.8 Å². The maximum absolute atomic E-state index is 13.9. The Morgan fingerprint density at radius 1 is 0.961 bits per heavy atom. The van der Waals surface area contributed by atoms with Crippen molar-refractivity contribution in [2.45, 2.75) is 144 Å². The van der Waals surface area contributed by atoms with E-state index in [4.69, 9.17) is 9.47 Å². The van der Waals surface area contributed by atoms with Crippen molar-refractivity contribution in [3.8, 4) is 0 Å². The Bertz CT molecular complexity index is 1450. The number of ketones is 1. The second-order valence-electron chi connectivity index (χ2n) is 19.8. The first-order valence-corrected chi connectivity index (χ1v) is 20.1. The lowest BCUT2D eigenvalue weighted by Gasteiger charge is -2.68.